The number of methoxy groups -OCH3 is 1. The Morgan fingerprint density at radius 1 is 1.21 bits per heavy atom. The van der Waals surface area contributed by atoms with Crippen LogP contribution in [0.1, 0.15) is 37.2 Å². The van der Waals surface area contributed by atoms with Gasteiger partial charge in [0.05, 0.1) is 19.7 Å². The third kappa shape index (κ3) is 2.75. The van der Waals surface area contributed by atoms with Gasteiger partial charge in [-0.25, -0.2) is 0 Å². The lowest BCUT2D eigenvalue weighted by Gasteiger charge is -2.44. The number of hydrogen-bond acceptors (Lipinski definition) is 3. The minimum atomic E-state index is -0.194. The molecule has 130 valence electrons. The van der Waals surface area contributed by atoms with Crippen LogP contribution in [-0.4, -0.2) is 43.3 Å². The average Bonchev–Trinajstić information content (AvgIpc) is 3.32. The number of nitrogens with zero attached hydrogens (tertiary/aromatic N) is 1. The monoisotopic (exact) mass is 331 g/mol. The first kappa shape index (κ1) is 16.1. The number of alkyl halides is 1. The number of carbonyl (C=O) groups is 1. The molecule has 24 heavy (non-hydrogen) atoms. The first-order valence-electron chi connectivity index (χ1n) is 9.17. The molecule has 3 aliphatic rings. The third-order valence-corrected chi connectivity index (χ3v) is 6.48. The van der Waals surface area contributed by atoms with Gasteiger partial charge in [-0.05, 0) is 43.1 Å². The highest BCUT2D eigenvalue weighted by atomic mass is 19.1. The summed E-state index contributed by atoms with van der Waals surface area (Å²) in [6.07, 6.45) is 4.22. The molecule has 0 amide bonds. The van der Waals surface area contributed by atoms with Crippen LogP contribution in [0.5, 0.6) is 0 Å². The predicted molar refractivity (Wildman–Crippen MR) is 90.4 cm³/mol. The van der Waals surface area contributed by atoms with Gasteiger partial charge in [0.25, 0.3) is 0 Å². The van der Waals surface area contributed by atoms with E-state index in [0.717, 1.165) is 32.2 Å². The predicted octanol–water partition coefficient (Wildman–Crippen LogP) is 3.40. The van der Waals surface area contributed by atoms with Crippen LogP contribution in [0.25, 0.3) is 0 Å². The molecule has 4 rings (SSSR count). The minimum Gasteiger partial charge on any atom is -0.469 e. The molecule has 2 aliphatic heterocycles. The van der Waals surface area contributed by atoms with E-state index in [1.807, 2.05) is 18.2 Å². The van der Waals surface area contributed by atoms with Crippen LogP contribution in [0, 0.1) is 17.8 Å². The lowest BCUT2D eigenvalue weighted by Crippen LogP contribution is -2.51. The van der Waals surface area contributed by atoms with E-state index in [2.05, 4.69) is 17.0 Å². The molecular formula is C20H26FNO2. The van der Waals surface area contributed by atoms with Crippen molar-refractivity contribution in [2.24, 2.45) is 17.8 Å². The van der Waals surface area contributed by atoms with Crippen LogP contribution in [0.2, 0.25) is 0 Å². The maximum Gasteiger partial charge on any atom is 0.310 e. The standard InChI is InChI=1S/C20H26FNO2/c1-24-20(23)19-17(13-5-3-2-4-6-13)10-16-7-8-18(19)22(16)12-15-9-14(15)11-21/h2-6,14-19H,7-12H2,1H3/t14-,15-,16-,17+,18+,19-/m0/s1. The van der Waals surface area contributed by atoms with Crippen molar-refractivity contribution in [3.8, 4) is 0 Å². The summed E-state index contributed by atoms with van der Waals surface area (Å²) in [5, 5.41) is 0. The van der Waals surface area contributed by atoms with Crippen molar-refractivity contribution in [2.75, 3.05) is 20.3 Å². The number of ether oxygens (including phenoxy) is 1. The van der Waals surface area contributed by atoms with Crippen molar-refractivity contribution in [1.29, 1.82) is 0 Å². The molecule has 0 radical (unpaired) electrons. The van der Waals surface area contributed by atoms with Crippen LogP contribution in [0.15, 0.2) is 30.3 Å². The van der Waals surface area contributed by atoms with Gasteiger partial charge in [0, 0.05) is 24.5 Å². The Bertz CT molecular complexity index is 593. The molecule has 1 saturated carbocycles. The van der Waals surface area contributed by atoms with Gasteiger partial charge in [-0.1, -0.05) is 30.3 Å². The average molecular weight is 331 g/mol. The lowest BCUT2D eigenvalue weighted by molar-refractivity contribution is -0.150. The molecule has 2 heterocycles. The second-order valence-electron chi connectivity index (χ2n) is 7.71. The molecule has 0 unspecified atom stereocenters. The van der Waals surface area contributed by atoms with Gasteiger partial charge in [-0.3, -0.25) is 14.1 Å². The van der Waals surface area contributed by atoms with E-state index in [1.165, 1.54) is 12.7 Å². The molecule has 2 saturated heterocycles. The number of fused-ring (bicyclic) bond motifs is 2. The van der Waals surface area contributed by atoms with Gasteiger partial charge in [-0.2, -0.15) is 0 Å². The molecule has 3 nitrogen and oxygen atoms in total. The Morgan fingerprint density at radius 2 is 2.00 bits per heavy atom. The number of rotatable bonds is 5. The van der Waals surface area contributed by atoms with Crippen LogP contribution in [0.3, 0.4) is 0 Å². The summed E-state index contributed by atoms with van der Waals surface area (Å²) < 4.78 is 18.0. The molecule has 0 N–H and O–H groups in total. The van der Waals surface area contributed by atoms with Crippen molar-refractivity contribution in [1.82, 2.24) is 4.90 Å². The largest absolute Gasteiger partial charge is 0.469 e. The van der Waals surface area contributed by atoms with E-state index < -0.39 is 0 Å². The zero-order chi connectivity index (χ0) is 16.7. The number of esters is 1. The summed E-state index contributed by atoms with van der Waals surface area (Å²) in [4.78, 5) is 15.1. The highest BCUT2D eigenvalue weighted by molar-refractivity contribution is 5.75. The van der Waals surface area contributed by atoms with E-state index in [9.17, 15) is 9.18 Å². The summed E-state index contributed by atoms with van der Waals surface area (Å²) >= 11 is 0. The second-order valence-corrected chi connectivity index (χ2v) is 7.71. The first-order valence-corrected chi connectivity index (χ1v) is 9.17. The molecule has 1 aromatic rings. The van der Waals surface area contributed by atoms with Gasteiger partial charge in [0.2, 0.25) is 0 Å². The third-order valence-electron chi connectivity index (χ3n) is 6.48. The summed E-state index contributed by atoms with van der Waals surface area (Å²) in [6, 6.07) is 11.2. The maximum absolute atomic E-state index is 12.8. The van der Waals surface area contributed by atoms with Gasteiger partial charge in [0.15, 0.2) is 0 Å². The molecule has 0 spiro atoms. The van der Waals surface area contributed by atoms with Crippen LogP contribution >= 0.6 is 0 Å². The van der Waals surface area contributed by atoms with Gasteiger partial charge < -0.3 is 4.74 Å². The Labute approximate surface area is 143 Å². The second kappa shape index (κ2) is 6.47. The highest BCUT2D eigenvalue weighted by Crippen LogP contribution is 2.50. The molecule has 1 aromatic carbocycles. The highest BCUT2D eigenvalue weighted by Gasteiger charge is 2.52. The lowest BCUT2D eigenvalue weighted by atomic mass is 9.76. The van der Waals surface area contributed by atoms with Crippen molar-refractivity contribution in [3.63, 3.8) is 0 Å². The maximum atomic E-state index is 12.8. The molecule has 3 fully saturated rings. The van der Waals surface area contributed by atoms with Crippen LogP contribution in [-0.2, 0) is 9.53 Å². The molecule has 6 atom stereocenters. The van der Waals surface area contributed by atoms with Crippen molar-refractivity contribution in [2.45, 2.75) is 43.7 Å². The summed E-state index contributed by atoms with van der Waals surface area (Å²) in [6.45, 7) is 0.764. The van der Waals surface area contributed by atoms with Crippen molar-refractivity contribution in [3.05, 3.63) is 35.9 Å². The Balaban J connectivity index is 1.58. The van der Waals surface area contributed by atoms with E-state index in [1.54, 1.807) is 0 Å². The summed E-state index contributed by atoms with van der Waals surface area (Å²) in [5.74, 6) is 0.803. The topological polar surface area (TPSA) is 29.5 Å². The molecule has 0 aromatic heterocycles. The quantitative estimate of drug-likeness (QED) is 0.775. The van der Waals surface area contributed by atoms with Gasteiger partial charge in [0.1, 0.15) is 0 Å². The SMILES string of the molecule is COC(=O)[C@H]1[C@@H](c2ccccc2)C[C@@H]2CC[C@H]1N2C[C@@H]1C[C@H]1CF. The molecule has 4 heteroatoms. The van der Waals surface area contributed by atoms with Crippen LogP contribution in [0.4, 0.5) is 4.39 Å². The first-order chi connectivity index (χ1) is 11.7. The van der Waals surface area contributed by atoms with E-state index >= 15 is 0 Å². The van der Waals surface area contributed by atoms with Gasteiger partial charge >= 0.3 is 5.97 Å². The molecule has 1 aliphatic carbocycles. The van der Waals surface area contributed by atoms with E-state index in [4.69, 9.17) is 4.74 Å². The zero-order valence-electron chi connectivity index (χ0n) is 14.2. The van der Waals surface area contributed by atoms with Crippen LogP contribution < -0.4 is 0 Å². The Kier molecular flexibility index (Phi) is 4.33. The van der Waals surface area contributed by atoms with E-state index in [-0.39, 0.29) is 36.4 Å². The minimum absolute atomic E-state index is 0.0861. The fourth-order valence-corrected chi connectivity index (χ4v) is 5.09. The summed E-state index contributed by atoms with van der Waals surface area (Å²) in [7, 11) is 1.50. The number of hydrogen-bond donors (Lipinski definition) is 0. The number of benzene rings is 1. The fraction of sp³-hybridized carbons (Fsp3) is 0.650. The number of halogens is 1. The molecule has 2 bridgehead atoms. The number of carbonyl (C=O) groups excluding carboxylic acids is 1. The van der Waals surface area contributed by atoms with Crippen molar-refractivity contribution >= 4 is 5.97 Å². The number of piperidine rings is 1. The fourth-order valence-electron chi connectivity index (χ4n) is 5.09. The zero-order valence-corrected chi connectivity index (χ0v) is 14.2. The Morgan fingerprint density at radius 3 is 2.67 bits per heavy atom. The van der Waals surface area contributed by atoms with Gasteiger partial charge in [-0.15, -0.1) is 0 Å². The van der Waals surface area contributed by atoms with Crippen molar-refractivity contribution < 1.29 is 13.9 Å². The summed E-state index contributed by atoms with van der Waals surface area (Å²) in [5.41, 5.74) is 1.25. The van der Waals surface area contributed by atoms with E-state index in [0.29, 0.717) is 12.0 Å². The smallest absolute Gasteiger partial charge is 0.310 e. The molecular weight excluding hydrogens is 305 g/mol. The normalized spacial score (nSPS) is 38.1. The Hall–Kier alpha value is -1.42.